The van der Waals surface area contributed by atoms with Gasteiger partial charge in [-0.2, -0.15) is 30.7 Å². The fourth-order valence-electron chi connectivity index (χ4n) is 2.13. The average Bonchev–Trinajstić information content (AvgIpc) is 2.44. The van der Waals surface area contributed by atoms with Crippen LogP contribution in [0.3, 0.4) is 0 Å². The van der Waals surface area contributed by atoms with Crippen molar-refractivity contribution in [2.45, 2.75) is 28.2 Å². The number of nitrogens with zero attached hydrogens (tertiary/aromatic N) is 1. The normalized spacial score (nSPS) is 17.2. The molecular weight excluding hydrogens is 402 g/mol. The Bertz CT molecular complexity index is 798. The summed E-state index contributed by atoms with van der Waals surface area (Å²) in [5.41, 5.74) is 0. The highest BCUT2D eigenvalue weighted by Gasteiger charge is 2.77. The van der Waals surface area contributed by atoms with Gasteiger partial charge in [0, 0.05) is 13.1 Å². The van der Waals surface area contributed by atoms with Crippen molar-refractivity contribution in [3.05, 3.63) is 30.1 Å². The van der Waals surface area contributed by atoms with E-state index in [9.17, 15) is 48.3 Å². The second-order valence-corrected chi connectivity index (χ2v) is 7.71. The molecule has 1 amide bonds. The zero-order valence-electron chi connectivity index (χ0n) is 12.4. The van der Waals surface area contributed by atoms with Crippen molar-refractivity contribution in [1.29, 1.82) is 0 Å². The summed E-state index contributed by atoms with van der Waals surface area (Å²) in [6.07, 6.45) is -6.67. The molecule has 0 radical (unpaired) electrons. The minimum absolute atomic E-state index is 0.106. The molecule has 0 aliphatic carbocycles. The lowest BCUT2D eigenvalue weighted by molar-refractivity contribution is -0.346. The molecule has 0 bridgehead atoms. The van der Waals surface area contributed by atoms with Crippen LogP contribution in [0.1, 0.15) is 0 Å². The molecule has 0 spiro atoms. The Balaban J connectivity index is 2.14. The van der Waals surface area contributed by atoms with Crippen molar-refractivity contribution in [1.82, 2.24) is 4.90 Å². The molecule has 13 heteroatoms. The van der Waals surface area contributed by atoms with E-state index >= 15 is 0 Å². The molecule has 1 aromatic carbocycles. The number of hydrogen-bond acceptors (Lipinski definition) is 3. The fourth-order valence-corrected chi connectivity index (χ4v) is 3.78. The molecule has 26 heavy (non-hydrogen) atoms. The molecule has 1 fully saturated rings. The number of hydrogen-bond donors (Lipinski definition) is 0. The third kappa shape index (κ3) is 3.12. The first-order valence-electron chi connectivity index (χ1n) is 6.73. The first-order chi connectivity index (χ1) is 11.6. The van der Waals surface area contributed by atoms with E-state index in [-0.39, 0.29) is 4.90 Å². The van der Waals surface area contributed by atoms with Gasteiger partial charge in [0.05, 0.1) is 4.90 Å². The Morgan fingerprint density at radius 3 is 1.85 bits per heavy atom. The predicted octanol–water partition coefficient (Wildman–Crippen LogP) is 2.64. The summed E-state index contributed by atoms with van der Waals surface area (Å²) in [4.78, 5) is 10.8. The number of sulfone groups is 1. The molecule has 0 N–H and O–H groups in total. The largest absolute Gasteiger partial charge is 0.460 e. The number of rotatable bonds is 4. The molecule has 0 saturated carbocycles. The molecule has 0 atom stereocenters. The van der Waals surface area contributed by atoms with Crippen LogP contribution < -0.4 is 0 Å². The van der Waals surface area contributed by atoms with Crippen LogP contribution in [0.4, 0.5) is 35.1 Å². The van der Waals surface area contributed by atoms with Crippen LogP contribution in [0.5, 0.6) is 0 Å². The van der Waals surface area contributed by atoms with Gasteiger partial charge in [-0.25, -0.2) is 12.8 Å². The van der Waals surface area contributed by atoms with Crippen molar-refractivity contribution < 1.29 is 48.3 Å². The monoisotopic (exact) mass is 411 g/mol. The molecular formula is C13H9F8NO3S. The van der Waals surface area contributed by atoms with Crippen molar-refractivity contribution in [2.24, 2.45) is 0 Å². The van der Waals surface area contributed by atoms with Crippen LogP contribution in [0.15, 0.2) is 29.2 Å². The summed E-state index contributed by atoms with van der Waals surface area (Å²) in [7, 11) is -4.21. The Morgan fingerprint density at radius 1 is 0.962 bits per heavy atom. The Labute approximate surface area is 141 Å². The maximum Gasteiger partial charge on any atom is 0.460 e. The second kappa shape index (κ2) is 6.06. The highest BCUT2D eigenvalue weighted by Crippen LogP contribution is 2.47. The topological polar surface area (TPSA) is 54.5 Å². The van der Waals surface area contributed by atoms with Crippen LogP contribution in [0.2, 0.25) is 0 Å². The zero-order valence-corrected chi connectivity index (χ0v) is 13.2. The lowest BCUT2D eigenvalue weighted by Crippen LogP contribution is -2.66. The van der Waals surface area contributed by atoms with Crippen molar-refractivity contribution in [2.75, 3.05) is 13.1 Å². The van der Waals surface area contributed by atoms with E-state index in [1.807, 2.05) is 0 Å². The van der Waals surface area contributed by atoms with Gasteiger partial charge in [0.15, 0.2) is 9.84 Å². The van der Waals surface area contributed by atoms with Gasteiger partial charge in [-0.1, -0.05) is 0 Å². The first kappa shape index (κ1) is 20.4. The maximum absolute atomic E-state index is 13.3. The van der Waals surface area contributed by atoms with Crippen LogP contribution >= 0.6 is 0 Å². The molecule has 1 aliphatic heterocycles. The lowest BCUT2D eigenvalue weighted by Gasteiger charge is -2.41. The minimum atomic E-state index is -6.67. The summed E-state index contributed by atoms with van der Waals surface area (Å²) in [6.45, 7) is -2.00. The summed E-state index contributed by atoms with van der Waals surface area (Å²) < 4.78 is 126. The number of halogens is 8. The molecule has 0 unspecified atom stereocenters. The number of benzene rings is 1. The third-order valence-corrected chi connectivity index (χ3v) is 5.84. The van der Waals surface area contributed by atoms with Gasteiger partial charge < -0.3 is 4.90 Å². The smallest absolute Gasteiger partial charge is 0.334 e. The standard InChI is InChI=1S/C13H9F8NO3S/c14-7-1-3-8(4-2-7)26(24,25)9-5-22(6-9)10(23)11(15,16)12(17,18)13(19,20)21/h1-4,9H,5-6H2. The molecule has 0 aromatic heterocycles. The molecule has 1 aliphatic rings. The first-order valence-corrected chi connectivity index (χ1v) is 8.28. The van der Waals surface area contributed by atoms with E-state index in [4.69, 9.17) is 0 Å². The highest BCUT2D eigenvalue weighted by atomic mass is 32.2. The lowest BCUT2D eigenvalue weighted by atomic mass is 10.1. The number of alkyl halides is 7. The SMILES string of the molecule is O=C(N1CC(S(=O)(=O)c2ccc(F)cc2)C1)C(F)(F)C(F)(F)C(F)(F)F. The Hall–Kier alpha value is -1.92. The van der Waals surface area contributed by atoms with E-state index in [0.717, 1.165) is 24.3 Å². The zero-order chi connectivity index (χ0) is 20.1. The molecule has 1 aromatic rings. The summed E-state index contributed by atoms with van der Waals surface area (Å²) in [5, 5.41) is -1.49. The molecule has 2 rings (SSSR count). The fraction of sp³-hybridized carbons (Fsp3) is 0.462. The van der Waals surface area contributed by atoms with E-state index in [1.165, 1.54) is 0 Å². The van der Waals surface area contributed by atoms with Gasteiger partial charge in [0.1, 0.15) is 11.1 Å². The van der Waals surface area contributed by atoms with Crippen LogP contribution in [-0.4, -0.2) is 55.6 Å². The number of carbonyl (C=O) groups excluding carboxylic acids is 1. The number of likely N-dealkylation sites (tertiary alicyclic amines) is 1. The van der Waals surface area contributed by atoms with E-state index < -0.39 is 62.8 Å². The van der Waals surface area contributed by atoms with Gasteiger partial charge in [-0.05, 0) is 24.3 Å². The van der Waals surface area contributed by atoms with Gasteiger partial charge in [0.25, 0.3) is 5.91 Å². The Morgan fingerprint density at radius 2 is 1.42 bits per heavy atom. The van der Waals surface area contributed by atoms with Crippen molar-refractivity contribution >= 4 is 15.7 Å². The quantitative estimate of drug-likeness (QED) is 0.566. The number of carbonyl (C=O) groups is 1. The number of amides is 1. The summed E-state index contributed by atoms with van der Waals surface area (Å²) in [5.74, 6) is -16.3. The molecule has 146 valence electrons. The van der Waals surface area contributed by atoms with Crippen molar-refractivity contribution in [3.8, 4) is 0 Å². The van der Waals surface area contributed by atoms with Crippen LogP contribution in [-0.2, 0) is 14.6 Å². The predicted molar refractivity (Wildman–Crippen MR) is 69.9 cm³/mol. The van der Waals surface area contributed by atoms with Crippen LogP contribution in [0, 0.1) is 5.82 Å². The summed E-state index contributed by atoms with van der Waals surface area (Å²) >= 11 is 0. The van der Waals surface area contributed by atoms with Crippen LogP contribution in [0.25, 0.3) is 0 Å². The van der Waals surface area contributed by atoms with Gasteiger partial charge in [0.2, 0.25) is 0 Å². The van der Waals surface area contributed by atoms with E-state index in [1.54, 1.807) is 0 Å². The third-order valence-electron chi connectivity index (χ3n) is 3.74. The molecule has 1 heterocycles. The molecule has 4 nitrogen and oxygen atoms in total. The van der Waals surface area contributed by atoms with Gasteiger partial charge in [-0.15, -0.1) is 0 Å². The summed E-state index contributed by atoms with van der Waals surface area (Å²) in [6, 6.07) is 3.32. The second-order valence-electron chi connectivity index (χ2n) is 5.48. The highest BCUT2D eigenvalue weighted by molar-refractivity contribution is 7.92. The maximum atomic E-state index is 13.3. The molecule has 1 saturated heterocycles. The van der Waals surface area contributed by atoms with E-state index in [0.29, 0.717) is 0 Å². The van der Waals surface area contributed by atoms with E-state index in [2.05, 4.69) is 0 Å². The van der Waals surface area contributed by atoms with Gasteiger partial charge in [-0.3, -0.25) is 4.79 Å². The van der Waals surface area contributed by atoms with Crippen molar-refractivity contribution in [3.63, 3.8) is 0 Å². The minimum Gasteiger partial charge on any atom is -0.334 e. The Kier molecular flexibility index (Phi) is 4.76. The average molecular weight is 411 g/mol. The van der Waals surface area contributed by atoms with Gasteiger partial charge >= 0.3 is 18.0 Å².